The second-order valence-electron chi connectivity index (χ2n) is 6.27. The van der Waals surface area contributed by atoms with Gasteiger partial charge in [0.15, 0.2) is 0 Å². The first-order valence-corrected chi connectivity index (χ1v) is 9.49. The van der Waals surface area contributed by atoms with Gasteiger partial charge in [-0.25, -0.2) is 8.42 Å². The average Bonchev–Trinajstić information content (AvgIpc) is 2.53. The standard InChI is InChI=1S/C15H22N4O3S/c1-12(2)17-5-7-18(8-6-17)15(20)13-3-4-14-16-23(21,22)10-9-19(14)11-13/h3-4,11-12H,5-10H2,1-2H3. The number of piperazine rings is 1. The maximum atomic E-state index is 12.6. The molecule has 8 heteroatoms. The first kappa shape index (κ1) is 16.2. The number of fused-ring (bicyclic) bond motifs is 1. The number of carbonyl (C=O) groups excluding carboxylic acids is 1. The zero-order chi connectivity index (χ0) is 16.6. The van der Waals surface area contributed by atoms with Gasteiger partial charge >= 0.3 is 0 Å². The van der Waals surface area contributed by atoms with Crippen LogP contribution in [0.4, 0.5) is 0 Å². The van der Waals surface area contributed by atoms with Crippen LogP contribution in [0.5, 0.6) is 0 Å². The smallest absolute Gasteiger partial charge is 0.256 e. The predicted octanol–water partition coefficient (Wildman–Crippen LogP) is 0.0366. The molecule has 0 atom stereocenters. The van der Waals surface area contributed by atoms with Crippen molar-refractivity contribution in [3.63, 3.8) is 0 Å². The molecule has 0 unspecified atom stereocenters. The second-order valence-corrected chi connectivity index (χ2v) is 8.02. The lowest BCUT2D eigenvalue weighted by molar-refractivity contribution is -0.128. The van der Waals surface area contributed by atoms with Gasteiger partial charge in [0.05, 0.1) is 11.3 Å². The van der Waals surface area contributed by atoms with Crippen LogP contribution < -0.4 is 0 Å². The van der Waals surface area contributed by atoms with Crippen LogP contribution in [-0.2, 0) is 14.8 Å². The number of sulfonamides is 1. The molecule has 1 amide bonds. The van der Waals surface area contributed by atoms with Crippen molar-refractivity contribution >= 4 is 21.8 Å². The largest absolute Gasteiger partial charge is 0.336 e. The molecular formula is C15H22N4O3S. The van der Waals surface area contributed by atoms with E-state index < -0.39 is 10.0 Å². The van der Waals surface area contributed by atoms with E-state index in [9.17, 15) is 13.2 Å². The van der Waals surface area contributed by atoms with E-state index in [0.717, 1.165) is 26.2 Å². The number of nitrogens with zero attached hydrogens (tertiary/aromatic N) is 4. The van der Waals surface area contributed by atoms with Gasteiger partial charge < -0.3 is 9.80 Å². The molecule has 0 bridgehead atoms. The highest BCUT2D eigenvalue weighted by atomic mass is 32.2. The normalized spacial score (nSPS) is 24.3. The van der Waals surface area contributed by atoms with E-state index >= 15 is 0 Å². The molecule has 0 aromatic heterocycles. The summed E-state index contributed by atoms with van der Waals surface area (Å²) < 4.78 is 26.7. The summed E-state index contributed by atoms with van der Waals surface area (Å²) in [7, 11) is -3.36. The molecule has 7 nitrogen and oxygen atoms in total. The Balaban J connectivity index is 1.68. The zero-order valence-electron chi connectivity index (χ0n) is 13.5. The van der Waals surface area contributed by atoms with Gasteiger partial charge in [-0.2, -0.15) is 0 Å². The van der Waals surface area contributed by atoms with E-state index in [4.69, 9.17) is 0 Å². The summed E-state index contributed by atoms with van der Waals surface area (Å²) >= 11 is 0. The van der Waals surface area contributed by atoms with Crippen molar-refractivity contribution in [3.05, 3.63) is 23.9 Å². The highest BCUT2D eigenvalue weighted by molar-refractivity contribution is 7.90. The molecule has 0 radical (unpaired) electrons. The third-order valence-corrected chi connectivity index (χ3v) is 5.57. The van der Waals surface area contributed by atoms with Crippen molar-refractivity contribution in [1.82, 2.24) is 14.7 Å². The fraction of sp³-hybridized carbons (Fsp3) is 0.600. The average molecular weight is 338 g/mol. The van der Waals surface area contributed by atoms with Crippen LogP contribution in [0.15, 0.2) is 28.3 Å². The maximum absolute atomic E-state index is 12.6. The topological polar surface area (TPSA) is 73.3 Å². The van der Waals surface area contributed by atoms with Crippen LogP contribution in [-0.4, -0.2) is 79.4 Å². The van der Waals surface area contributed by atoms with E-state index in [1.54, 1.807) is 23.3 Å². The minimum absolute atomic E-state index is 0.00265. The van der Waals surface area contributed by atoms with Crippen molar-refractivity contribution in [2.75, 3.05) is 38.5 Å². The first-order chi connectivity index (χ1) is 10.9. The molecule has 3 aliphatic heterocycles. The minimum Gasteiger partial charge on any atom is -0.336 e. The van der Waals surface area contributed by atoms with Gasteiger partial charge in [0.25, 0.3) is 15.9 Å². The first-order valence-electron chi connectivity index (χ1n) is 7.88. The van der Waals surface area contributed by atoms with Crippen molar-refractivity contribution in [1.29, 1.82) is 0 Å². The number of rotatable bonds is 2. The second kappa shape index (κ2) is 6.09. The Morgan fingerprint density at radius 1 is 1.13 bits per heavy atom. The Bertz CT molecular complexity index is 686. The highest BCUT2D eigenvalue weighted by Gasteiger charge is 2.28. The number of carbonyl (C=O) groups is 1. The Morgan fingerprint density at radius 2 is 1.83 bits per heavy atom. The summed E-state index contributed by atoms with van der Waals surface area (Å²) in [6, 6.07) is 0.495. The summed E-state index contributed by atoms with van der Waals surface area (Å²) in [6.45, 7) is 7.87. The predicted molar refractivity (Wildman–Crippen MR) is 88.4 cm³/mol. The molecule has 0 saturated carbocycles. The molecule has 1 saturated heterocycles. The van der Waals surface area contributed by atoms with Crippen LogP contribution in [0.25, 0.3) is 0 Å². The van der Waals surface area contributed by atoms with Gasteiger partial charge in [-0.15, -0.1) is 4.40 Å². The summed E-state index contributed by atoms with van der Waals surface area (Å²) in [5, 5.41) is 0. The lowest BCUT2D eigenvalue weighted by atomic mass is 10.1. The fourth-order valence-electron chi connectivity index (χ4n) is 2.95. The van der Waals surface area contributed by atoms with Crippen molar-refractivity contribution in [3.8, 4) is 0 Å². The molecule has 0 aromatic carbocycles. The molecule has 23 heavy (non-hydrogen) atoms. The van der Waals surface area contributed by atoms with E-state index in [2.05, 4.69) is 23.1 Å². The van der Waals surface area contributed by atoms with Gasteiger partial charge in [-0.1, -0.05) is 0 Å². The molecule has 3 aliphatic rings. The van der Waals surface area contributed by atoms with Gasteiger partial charge in [0, 0.05) is 45.0 Å². The van der Waals surface area contributed by atoms with E-state index in [1.165, 1.54) is 0 Å². The van der Waals surface area contributed by atoms with Gasteiger partial charge in [0.2, 0.25) is 0 Å². The minimum atomic E-state index is -3.36. The van der Waals surface area contributed by atoms with E-state index in [0.29, 0.717) is 24.0 Å². The lowest BCUT2D eigenvalue weighted by Crippen LogP contribution is -2.51. The van der Waals surface area contributed by atoms with Crippen LogP contribution in [0.2, 0.25) is 0 Å². The Hall–Kier alpha value is -1.67. The van der Waals surface area contributed by atoms with Crippen molar-refractivity contribution in [2.24, 2.45) is 4.40 Å². The van der Waals surface area contributed by atoms with Crippen LogP contribution in [0.3, 0.4) is 0 Å². The van der Waals surface area contributed by atoms with Gasteiger partial charge in [0.1, 0.15) is 5.84 Å². The maximum Gasteiger partial charge on any atom is 0.256 e. The van der Waals surface area contributed by atoms with Crippen molar-refractivity contribution < 1.29 is 13.2 Å². The third kappa shape index (κ3) is 3.48. The molecule has 126 valence electrons. The summed E-state index contributed by atoms with van der Waals surface area (Å²) in [4.78, 5) is 18.6. The van der Waals surface area contributed by atoms with Crippen LogP contribution in [0, 0.1) is 0 Å². The Kier molecular flexibility index (Phi) is 4.29. The van der Waals surface area contributed by atoms with E-state index in [-0.39, 0.29) is 11.7 Å². The number of hydrogen-bond acceptors (Lipinski definition) is 5. The van der Waals surface area contributed by atoms with Gasteiger partial charge in [-0.3, -0.25) is 9.69 Å². The molecular weight excluding hydrogens is 316 g/mol. The third-order valence-electron chi connectivity index (χ3n) is 4.40. The summed E-state index contributed by atoms with van der Waals surface area (Å²) in [6.07, 6.45) is 4.98. The molecule has 3 heterocycles. The number of amidine groups is 1. The molecule has 0 aliphatic carbocycles. The molecule has 0 aromatic rings. The number of amides is 1. The summed E-state index contributed by atoms with van der Waals surface area (Å²) in [5.41, 5.74) is 0.584. The number of hydrogen-bond donors (Lipinski definition) is 0. The van der Waals surface area contributed by atoms with Crippen LogP contribution >= 0.6 is 0 Å². The molecule has 1 fully saturated rings. The Labute approximate surface area is 137 Å². The molecule has 0 spiro atoms. The fourth-order valence-corrected chi connectivity index (χ4v) is 3.92. The van der Waals surface area contributed by atoms with Crippen LogP contribution in [0.1, 0.15) is 13.8 Å². The SMILES string of the molecule is CC(C)N1CCN(C(=O)C2=CN3CCS(=O)(=O)N=C3C=C2)CC1. The van der Waals surface area contributed by atoms with Gasteiger partial charge in [-0.05, 0) is 26.0 Å². The molecule has 3 rings (SSSR count). The monoisotopic (exact) mass is 338 g/mol. The summed E-state index contributed by atoms with van der Waals surface area (Å²) in [5.74, 6) is 0.365. The highest BCUT2D eigenvalue weighted by Crippen LogP contribution is 2.18. The van der Waals surface area contributed by atoms with E-state index in [1.807, 2.05) is 4.90 Å². The quantitative estimate of drug-likeness (QED) is 0.711. The molecule has 0 N–H and O–H groups in total. The zero-order valence-corrected chi connectivity index (χ0v) is 14.3. The Morgan fingerprint density at radius 3 is 2.48 bits per heavy atom. The lowest BCUT2D eigenvalue weighted by Gasteiger charge is -2.37. The van der Waals surface area contributed by atoms with Crippen molar-refractivity contribution in [2.45, 2.75) is 19.9 Å².